The van der Waals surface area contributed by atoms with E-state index >= 15 is 0 Å². The molecule has 146 valence electrons. The number of aromatic nitrogens is 3. The lowest BCUT2D eigenvalue weighted by molar-refractivity contribution is -0.120. The molecule has 0 fully saturated rings. The number of amides is 1. The summed E-state index contributed by atoms with van der Waals surface area (Å²) in [6.45, 7) is 0.549. The molecule has 4 rings (SSSR count). The number of para-hydroxylation sites is 1. The Balaban J connectivity index is 1.35. The number of carbonyl (C=O) groups excluding carboxylic acids is 1. The maximum atomic E-state index is 13.0. The van der Waals surface area contributed by atoms with Crippen LogP contribution in [0.3, 0.4) is 0 Å². The van der Waals surface area contributed by atoms with Gasteiger partial charge in [0.2, 0.25) is 5.91 Å². The molecule has 0 unspecified atom stereocenters. The van der Waals surface area contributed by atoms with E-state index in [2.05, 4.69) is 15.5 Å². The van der Waals surface area contributed by atoms with E-state index in [1.807, 2.05) is 18.2 Å². The summed E-state index contributed by atoms with van der Waals surface area (Å²) in [6.07, 6.45) is 1.51. The first-order valence-electron chi connectivity index (χ1n) is 9.02. The highest BCUT2D eigenvalue weighted by Crippen LogP contribution is 2.18. The monoisotopic (exact) mass is 392 g/mol. The van der Waals surface area contributed by atoms with Crippen LogP contribution in [-0.4, -0.2) is 27.2 Å². The first-order valence-corrected chi connectivity index (χ1v) is 9.02. The molecule has 0 spiro atoms. The summed E-state index contributed by atoms with van der Waals surface area (Å²) in [5, 5.41) is 7.50. The molecule has 0 radical (unpaired) electrons. The SMILES string of the molecule is O=C(Cc1noc2ccccc12)NCCn1cnc(-c2ccc(F)cc2)cc1=O. The van der Waals surface area contributed by atoms with Crippen LogP contribution in [0.1, 0.15) is 5.69 Å². The van der Waals surface area contributed by atoms with Crippen molar-refractivity contribution >= 4 is 16.9 Å². The highest BCUT2D eigenvalue weighted by molar-refractivity contribution is 5.86. The highest BCUT2D eigenvalue weighted by Gasteiger charge is 2.12. The third-order valence-electron chi connectivity index (χ3n) is 4.47. The molecule has 8 heteroatoms. The zero-order valence-corrected chi connectivity index (χ0v) is 15.3. The van der Waals surface area contributed by atoms with E-state index in [1.165, 1.54) is 29.1 Å². The Hall–Kier alpha value is -3.81. The normalized spacial score (nSPS) is 10.9. The molecule has 0 bridgehead atoms. The van der Waals surface area contributed by atoms with Gasteiger partial charge in [-0.3, -0.25) is 14.2 Å². The van der Waals surface area contributed by atoms with Crippen molar-refractivity contribution in [3.05, 3.63) is 82.8 Å². The molecular weight excluding hydrogens is 375 g/mol. The summed E-state index contributed by atoms with van der Waals surface area (Å²) in [5.74, 6) is -0.565. The van der Waals surface area contributed by atoms with Crippen LogP contribution in [0.4, 0.5) is 4.39 Å². The van der Waals surface area contributed by atoms with Crippen LogP contribution in [0.15, 0.2) is 70.2 Å². The fourth-order valence-corrected chi connectivity index (χ4v) is 2.97. The molecule has 0 aliphatic heterocycles. The lowest BCUT2D eigenvalue weighted by Crippen LogP contribution is -2.31. The first kappa shape index (κ1) is 18.5. The molecule has 2 aromatic carbocycles. The van der Waals surface area contributed by atoms with E-state index in [-0.39, 0.29) is 36.8 Å². The minimum Gasteiger partial charge on any atom is -0.356 e. The van der Waals surface area contributed by atoms with E-state index in [0.29, 0.717) is 22.5 Å². The minimum atomic E-state index is -0.351. The standard InChI is InChI=1S/C21H17FN4O3/c22-15-7-5-14(6-8-15)17-12-21(28)26(13-24-17)10-9-23-20(27)11-18-16-3-1-2-4-19(16)29-25-18/h1-8,12-13H,9-11H2,(H,23,27). The van der Waals surface area contributed by atoms with Crippen molar-refractivity contribution in [3.63, 3.8) is 0 Å². The quantitative estimate of drug-likeness (QED) is 0.545. The van der Waals surface area contributed by atoms with Crippen LogP contribution in [0.2, 0.25) is 0 Å². The maximum absolute atomic E-state index is 13.0. The van der Waals surface area contributed by atoms with Gasteiger partial charge in [-0.2, -0.15) is 0 Å². The van der Waals surface area contributed by atoms with Crippen molar-refractivity contribution in [1.29, 1.82) is 0 Å². The molecule has 29 heavy (non-hydrogen) atoms. The summed E-state index contributed by atoms with van der Waals surface area (Å²) in [7, 11) is 0. The number of halogens is 1. The molecule has 0 aliphatic rings. The lowest BCUT2D eigenvalue weighted by Gasteiger charge is -2.08. The maximum Gasteiger partial charge on any atom is 0.253 e. The van der Waals surface area contributed by atoms with Crippen molar-refractivity contribution < 1.29 is 13.7 Å². The van der Waals surface area contributed by atoms with E-state index in [4.69, 9.17) is 4.52 Å². The van der Waals surface area contributed by atoms with Crippen molar-refractivity contribution in [2.75, 3.05) is 6.54 Å². The molecule has 1 amide bonds. The molecule has 0 aliphatic carbocycles. The highest BCUT2D eigenvalue weighted by atomic mass is 19.1. The Kier molecular flexibility index (Phi) is 5.15. The van der Waals surface area contributed by atoms with E-state index in [1.54, 1.807) is 18.2 Å². The van der Waals surface area contributed by atoms with E-state index in [9.17, 15) is 14.0 Å². The predicted molar refractivity (Wildman–Crippen MR) is 105 cm³/mol. The average molecular weight is 392 g/mol. The molecular formula is C21H17FN4O3. The van der Waals surface area contributed by atoms with Gasteiger partial charge >= 0.3 is 0 Å². The number of carbonyl (C=O) groups is 1. The Bertz CT molecular complexity index is 1210. The lowest BCUT2D eigenvalue weighted by atomic mass is 10.1. The summed E-state index contributed by atoms with van der Waals surface area (Å²) < 4.78 is 19.6. The van der Waals surface area contributed by atoms with Crippen LogP contribution < -0.4 is 10.9 Å². The topological polar surface area (TPSA) is 90.0 Å². The van der Waals surface area contributed by atoms with E-state index in [0.717, 1.165) is 5.39 Å². The molecule has 7 nitrogen and oxygen atoms in total. The van der Waals surface area contributed by atoms with Crippen LogP contribution in [0.25, 0.3) is 22.2 Å². The van der Waals surface area contributed by atoms with Gasteiger partial charge in [0.25, 0.3) is 5.56 Å². The molecule has 2 heterocycles. The Morgan fingerprint density at radius 2 is 1.93 bits per heavy atom. The van der Waals surface area contributed by atoms with Crippen LogP contribution in [0.5, 0.6) is 0 Å². The van der Waals surface area contributed by atoms with Gasteiger partial charge < -0.3 is 9.84 Å². The first-order chi connectivity index (χ1) is 14.1. The second-order valence-electron chi connectivity index (χ2n) is 6.46. The molecule has 4 aromatic rings. The second-order valence-corrected chi connectivity index (χ2v) is 6.46. The summed E-state index contributed by atoms with van der Waals surface area (Å²) in [6, 6.07) is 14.5. The van der Waals surface area contributed by atoms with Crippen molar-refractivity contribution in [2.45, 2.75) is 13.0 Å². The van der Waals surface area contributed by atoms with Crippen LogP contribution in [-0.2, 0) is 17.8 Å². The van der Waals surface area contributed by atoms with Gasteiger partial charge in [0.15, 0.2) is 5.58 Å². The summed E-state index contributed by atoms with van der Waals surface area (Å²) >= 11 is 0. The number of hydrogen-bond acceptors (Lipinski definition) is 5. The van der Waals surface area contributed by atoms with Gasteiger partial charge in [-0.05, 0) is 36.4 Å². The number of hydrogen-bond donors (Lipinski definition) is 1. The largest absolute Gasteiger partial charge is 0.356 e. The van der Waals surface area contributed by atoms with Gasteiger partial charge in [0, 0.05) is 30.1 Å². The Morgan fingerprint density at radius 3 is 2.72 bits per heavy atom. The van der Waals surface area contributed by atoms with Crippen LogP contribution >= 0.6 is 0 Å². The third kappa shape index (κ3) is 4.21. The number of rotatable bonds is 6. The fraction of sp³-hybridized carbons (Fsp3) is 0.143. The minimum absolute atomic E-state index is 0.0909. The Labute approximate surface area is 164 Å². The van der Waals surface area contributed by atoms with Gasteiger partial charge in [-0.25, -0.2) is 9.37 Å². The molecule has 0 atom stereocenters. The average Bonchev–Trinajstić information content (AvgIpc) is 3.13. The third-order valence-corrected chi connectivity index (χ3v) is 4.47. The predicted octanol–water partition coefficient (Wildman–Crippen LogP) is 2.55. The molecule has 0 saturated carbocycles. The van der Waals surface area contributed by atoms with Crippen molar-refractivity contribution in [3.8, 4) is 11.3 Å². The smallest absolute Gasteiger partial charge is 0.253 e. The van der Waals surface area contributed by atoms with Crippen LogP contribution in [0, 0.1) is 5.82 Å². The number of benzene rings is 2. The van der Waals surface area contributed by atoms with Crippen molar-refractivity contribution in [2.24, 2.45) is 0 Å². The molecule has 0 saturated heterocycles. The Morgan fingerprint density at radius 1 is 1.14 bits per heavy atom. The summed E-state index contributed by atoms with van der Waals surface area (Å²) in [5.41, 5.74) is 2.07. The number of fused-ring (bicyclic) bond motifs is 1. The van der Waals surface area contributed by atoms with Crippen molar-refractivity contribution in [1.82, 2.24) is 20.0 Å². The van der Waals surface area contributed by atoms with Gasteiger partial charge in [-0.1, -0.05) is 17.3 Å². The molecule has 2 aromatic heterocycles. The van der Waals surface area contributed by atoms with Gasteiger partial charge in [-0.15, -0.1) is 0 Å². The number of nitrogens with one attached hydrogen (secondary N) is 1. The zero-order valence-electron chi connectivity index (χ0n) is 15.3. The molecule has 1 N–H and O–H groups in total. The summed E-state index contributed by atoms with van der Waals surface area (Å²) in [4.78, 5) is 28.7. The van der Waals surface area contributed by atoms with Gasteiger partial charge in [0.05, 0.1) is 18.4 Å². The van der Waals surface area contributed by atoms with Gasteiger partial charge in [0.1, 0.15) is 11.5 Å². The van der Waals surface area contributed by atoms with E-state index < -0.39 is 0 Å². The zero-order chi connectivity index (χ0) is 20.2. The number of nitrogens with zero attached hydrogens (tertiary/aromatic N) is 3. The fourth-order valence-electron chi connectivity index (χ4n) is 2.97. The second kappa shape index (κ2) is 8.05.